The molecule has 0 unspecified atom stereocenters. The summed E-state index contributed by atoms with van der Waals surface area (Å²) in [5, 5.41) is 6.61. The van der Waals surface area contributed by atoms with Gasteiger partial charge in [-0.15, -0.1) is 0 Å². The quantitative estimate of drug-likeness (QED) is 0.637. The molecule has 0 saturated heterocycles. The highest BCUT2D eigenvalue weighted by atomic mass is 16.2. The third kappa shape index (κ3) is 4.77. The molecular weight excluding hydrogens is 264 g/mol. The molecule has 0 heterocycles. The highest BCUT2D eigenvalue weighted by Crippen LogP contribution is 2.27. The van der Waals surface area contributed by atoms with Gasteiger partial charge in [-0.1, -0.05) is 12.1 Å². The molecule has 2 rings (SSSR count). The zero-order valence-electron chi connectivity index (χ0n) is 13.0. The second-order valence-electron chi connectivity index (χ2n) is 5.65. The first-order valence-electron chi connectivity index (χ1n) is 7.35. The number of aliphatic imine (C=N–C) groups is 1. The van der Waals surface area contributed by atoms with Gasteiger partial charge in [-0.2, -0.15) is 0 Å². The number of amides is 1. The van der Waals surface area contributed by atoms with Gasteiger partial charge >= 0.3 is 0 Å². The summed E-state index contributed by atoms with van der Waals surface area (Å²) in [5.74, 6) is 1.67. The fraction of sp³-hybridized carbons (Fsp3) is 0.500. The van der Waals surface area contributed by atoms with E-state index in [1.165, 1.54) is 12.8 Å². The molecule has 0 spiro atoms. The molecule has 1 aromatic carbocycles. The predicted molar refractivity (Wildman–Crippen MR) is 85.4 cm³/mol. The van der Waals surface area contributed by atoms with Crippen LogP contribution in [0.15, 0.2) is 29.3 Å². The van der Waals surface area contributed by atoms with E-state index in [0.29, 0.717) is 12.1 Å². The van der Waals surface area contributed by atoms with Crippen LogP contribution in [0.1, 0.15) is 28.8 Å². The van der Waals surface area contributed by atoms with E-state index in [2.05, 4.69) is 15.6 Å². The molecular formula is C16H24N4O. The Labute approximate surface area is 126 Å². The Morgan fingerprint density at radius 3 is 2.43 bits per heavy atom. The number of hydrogen-bond donors (Lipinski definition) is 2. The zero-order valence-corrected chi connectivity index (χ0v) is 13.0. The molecule has 0 bridgehead atoms. The number of rotatable bonds is 5. The van der Waals surface area contributed by atoms with Crippen LogP contribution in [0, 0.1) is 5.92 Å². The first-order valence-corrected chi connectivity index (χ1v) is 7.35. The van der Waals surface area contributed by atoms with Crippen LogP contribution in [0.25, 0.3) is 0 Å². The molecule has 1 aromatic rings. The number of guanidine groups is 1. The lowest BCUT2D eigenvalue weighted by molar-refractivity contribution is 0.0827. The molecule has 1 aliphatic carbocycles. The number of carbonyl (C=O) groups is 1. The molecule has 5 nitrogen and oxygen atoms in total. The van der Waals surface area contributed by atoms with Crippen LogP contribution >= 0.6 is 0 Å². The van der Waals surface area contributed by atoms with Gasteiger partial charge in [0.05, 0.1) is 0 Å². The van der Waals surface area contributed by atoms with Crippen molar-refractivity contribution in [2.24, 2.45) is 10.9 Å². The third-order valence-electron chi connectivity index (χ3n) is 3.55. The van der Waals surface area contributed by atoms with Gasteiger partial charge in [0, 0.05) is 39.8 Å². The summed E-state index contributed by atoms with van der Waals surface area (Å²) >= 11 is 0. The molecule has 1 fully saturated rings. The lowest BCUT2D eigenvalue weighted by Crippen LogP contribution is -2.37. The van der Waals surface area contributed by atoms with Crippen LogP contribution in [-0.2, 0) is 6.54 Å². The topological polar surface area (TPSA) is 56.7 Å². The van der Waals surface area contributed by atoms with Crippen molar-refractivity contribution in [1.82, 2.24) is 15.5 Å². The fourth-order valence-corrected chi connectivity index (χ4v) is 1.99. The second kappa shape index (κ2) is 7.11. The first kappa shape index (κ1) is 15.4. The SMILES string of the molecule is CN=C(NCc1ccc(C(=O)N(C)C)cc1)NCC1CC1. The van der Waals surface area contributed by atoms with Crippen LogP contribution in [0.4, 0.5) is 0 Å². The molecule has 0 radical (unpaired) electrons. The van der Waals surface area contributed by atoms with Crippen molar-refractivity contribution in [3.63, 3.8) is 0 Å². The van der Waals surface area contributed by atoms with Crippen LogP contribution in [0.3, 0.4) is 0 Å². The van der Waals surface area contributed by atoms with Gasteiger partial charge in [0.15, 0.2) is 5.96 Å². The molecule has 1 aliphatic rings. The molecule has 5 heteroatoms. The Hall–Kier alpha value is -2.04. The van der Waals surface area contributed by atoms with Crippen molar-refractivity contribution >= 4 is 11.9 Å². The lowest BCUT2D eigenvalue weighted by Gasteiger charge is -2.13. The Kier molecular flexibility index (Phi) is 5.20. The minimum Gasteiger partial charge on any atom is -0.356 e. The molecule has 1 amide bonds. The monoisotopic (exact) mass is 288 g/mol. The molecule has 0 aliphatic heterocycles. The largest absolute Gasteiger partial charge is 0.356 e. The number of carbonyl (C=O) groups excluding carboxylic acids is 1. The summed E-state index contributed by atoms with van der Waals surface area (Å²) in [6, 6.07) is 7.66. The molecule has 114 valence electrons. The summed E-state index contributed by atoms with van der Waals surface area (Å²) in [5.41, 5.74) is 1.83. The second-order valence-corrected chi connectivity index (χ2v) is 5.65. The number of nitrogens with one attached hydrogen (secondary N) is 2. The van der Waals surface area contributed by atoms with Crippen molar-refractivity contribution < 1.29 is 4.79 Å². The summed E-state index contributed by atoms with van der Waals surface area (Å²) in [6.45, 7) is 1.69. The zero-order chi connectivity index (χ0) is 15.2. The number of hydrogen-bond acceptors (Lipinski definition) is 2. The van der Waals surface area contributed by atoms with E-state index in [4.69, 9.17) is 0 Å². The molecule has 0 atom stereocenters. The van der Waals surface area contributed by atoms with Crippen molar-refractivity contribution in [2.45, 2.75) is 19.4 Å². The van der Waals surface area contributed by atoms with Gasteiger partial charge in [-0.05, 0) is 36.5 Å². The van der Waals surface area contributed by atoms with Gasteiger partial charge in [0.2, 0.25) is 0 Å². The van der Waals surface area contributed by atoms with Crippen molar-refractivity contribution in [3.05, 3.63) is 35.4 Å². The van der Waals surface area contributed by atoms with E-state index in [-0.39, 0.29) is 5.91 Å². The minimum absolute atomic E-state index is 0.0245. The van der Waals surface area contributed by atoms with Gasteiger partial charge < -0.3 is 15.5 Å². The van der Waals surface area contributed by atoms with E-state index in [1.54, 1.807) is 26.0 Å². The Morgan fingerprint density at radius 1 is 1.24 bits per heavy atom. The molecule has 21 heavy (non-hydrogen) atoms. The predicted octanol–water partition coefficient (Wildman–Crippen LogP) is 1.46. The first-order chi connectivity index (χ1) is 10.1. The molecule has 2 N–H and O–H groups in total. The van der Waals surface area contributed by atoms with Crippen LogP contribution in [-0.4, -0.2) is 44.5 Å². The molecule has 0 aromatic heterocycles. The van der Waals surface area contributed by atoms with Crippen molar-refractivity contribution in [3.8, 4) is 0 Å². The summed E-state index contributed by atoms with van der Waals surface area (Å²) in [6.07, 6.45) is 2.65. The Morgan fingerprint density at radius 2 is 1.90 bits per heavy atom. The number of benzene rings is 1. The van der Waals surface area contributed by atoms with Gasteiger partial charge in [0.1, 0.15) is 0 Å². The minimum atomic E-state index is 0.0245. The highest BCUT2D eigenvalue weighted by molar-refractivity contribution is 5.93. The summed E-state index contributed by atoms with van der Waals surface area (Å²) < 4.78 is 0. The smallest absolute Gasteiger partial charge is 0.253 e. The number of nitrogens with zero attached hydrogens (tertiary/aromatic N) is 2. The van der Waals surface area contributed by atoms with E-state index < -0.39 is 0 Å². The van der Waals surface area contributed by atoms with Crippen LogP contribution < -0.4 is 10.6 Å². The molecule has 1 saturated carbocycles. The van der Waals surface area contributed by atoms with E-state index in [9.17, 15) is 4.79 Å². The van der Waals surface area contributed by atoms with Crippen molar-refractivity contribution in [2.75, 3.05) is 27.7 Å². The fourth-order valence-electron chi connectivity index (χ4n) is 1.99. The van der Waals surface area contributed by atoms with E-state index in [1.807, 2.05) is 24.3 Å². The maximum Gasteiger partial charge on any atom is 0.253 e. The highest BCUT2D eigenvalue weighted by Gasteiger charge is 2.20. The average molecular weight is 288 g/mol. The van der Waals surface area contributed by atoms with E-state index >= 15 is 0 Å². The Balaban J connectivity index is 1.83. The maximum atomic E-state index is 11.8. The standard InChI is InChI=1S/C16H24N4O/c1-17-16(18-10-12-4-5-12)19-11-13-6-8-14(9-7-13)15(21)20(2)3/h6-9,12H,4-5,10-11H2,1-3H3,(H2,17,18,19). The maximum absolute atomic E-state index is 11.8. The third-order valence-corrected chi connectivity index (χ3v) is 3.55. The Bertz CT molecular complexity index is 504. The van der Waals surface area contributed by atoms with Crippen LogP contribution in [0.5, 0.6) is 0 Å². The van der Waals surface area contributed by atoms with Crippen molar-refractivity contribution in [1.29, 1.82) is 0 Å². The summed E-state index contributed by atoms with van der Waals surface area (Å²) in [7, 11) is 5.29. The van der Waals surface area contributed by atoms with Gasteiger partial charge in [-0.25, -0.2) is 0 Å². The van der Waals surface area contributed by atoms with Gasteiger partial charge in [-0.3, -0.25) is 9.79 Å². The van der Waals surface area contributed by atoms with Crippen LogP contribution in [0.2, 0.25) is 0 Å². The summed E-state index contributed by atoms with van der Waals surface area (Å²) in [4.78, 5) is 17.6. The average Bonchev–Trinajstić information content (AvgIpc) is 3.31. The normalized spacial score (nSPS) is 14.7. The van der Waals surface area contributed by atoms with E-state index in [0.717, 1.165) is 24.0 Å². The van der Waals surface area contributed by atoms with Gasteiger partial charge in [0.25, 0.3) is 5.91 Å². The lowest BCUT2D eigenvalue weighted by atomic mass is 10.1.